The normalized spacial score (nSPS) is 11.5. The van der Waals surface area contributed by atoms with Gasteiger partial charge in [0, 0.05) is 28.7 Å². The number of nitrogens with zero attached hydrogens (tertiary/aromatic N) is 2. The molecule has 0 unspecified atom stereocenters. The molecule has 0 atom stereocenters. The molecule has 0 radical (unpaired) electrons. The monoisotopic (exact) mass is 382 g/mol. The minimum atomic E-state index is 0.650. The van der Waals surface area contributed by atoms with E-state index in [0.29, 0.717) is 10.6 Å². The first-order valence-electron chi connectivity index (χ1n) is 9.15. The number of aromatic nitrogens is 1. The molecule has 1 aromatic heterocycles. The van der Waals surface area contributed by atoms with E-state index in [-0.39, 0.29) is 0 Å². The zero-order chi connectivity index (χ0) is 19.5. The van der Waals surface area contributed by atoms with Crippen LogP contribution in [0, 0.1) is 18.3 Å². The lowest BCUT2D eigenvalue weighted by Gasteiger charge is -2.05. The number of fused-ring (bicyclic) bond motifs is 1. The summed E-state index contributed by atoms with van der Waals surface area (Å²) < 4.78 is 2.19. The standard InChI is InChI=1S/C25H19ClN2/c1-18-6-5-9-20(12-18)21(15-27)13-22-17-28(16-19-7-3-2-4-8-19)25-14-23(26)10-11-24(22)25/h2-14,17H,16H2,1H3/b21-13+. The lowest BCUT2D eigenvalue weighted by Crippen LogP contribution is -1.97. The highest BCUT2D eigenvalue weighted by Crippen LogP contribution is 2.29. The van der Waals surface area contributed by atoms with Crippen molar-refractivity contribution in [2.75, 3.05) is 0 Å². The molecule has 4 aromatic rings. The molecule has 0 aliphatic carbocycles. The highest BCUT2D eigenvalue weighted by molar-refractivity contribution is 6.31. The number of halogens is 1. The third-order valence-electron chi connectivity index (χ3n) is 4.82. The molecule has 0 spiro atoms. The van der Waals surface area contributed by atoms with E-state index in [0.717, 1.165) is 34.1 Å². The third-order valence-corrected chi connectivity index (χ3v) is 5.06. The lowest BCUT2D eigenvalue weighted by atomic mass is 10.0. The fourth-order valence-electron chi connectivity index (χ4n) is 3.47. The van der Waals surface area contributed by atoms with E-state index in [1.807, 2.05) is 73.7 Å². The van der Waals surface area contributed by atoms with E-state index in [1.54, 1.807) is 0 Å². The maximum absolute atomic E-state index is 9.74. The van der Waals surface area contributed by atoms with Crippen LogP contribution in [-0.4, -0.2) is 4.57 Å². The quantitative estimate of drug-likeness (QED) is 0.360. The summed E-state index contributed by atoms with van der Waals surface area (Å²) >= 11 is 6.27. The Kier molecular flexibility index (Phi) is 5.02. The Hall–Kier alpha value is -3.28. The number of benzene rings is 3. The summed E-state index contributed by atoms with van der Waals surface area (Å²) in [5, 5.41) is 11.5. The number of allylic oxidation sites excluding steroid dienone is 1. The first kappa shape index (κ1) is 18.1. The van der Waals surface area contributed by atoms with Crippen molar-refractivity contribution in [1.29, 1.82) is 5.26 Å². The maximum Gasteiger partial charge on any atom is 0.0998 e. The van der Waals surface area contributed by atoms with Crippen LogP contribution in [0.25, 0.3) is 22.6 Å². The molecule has 1 heterocycles. The smallest absolute Gasteiger partial charge is 0.0998 e. The van der Waals surface area contributed by atoms with E-state index in [1.165, 1.54) is 5.56 Å². The van der Waals surface area contributed by atoms with Gasteiger partial charge >= 0.3 is 0 Å². The van der Waals surface area contributed by atoms with Crippen molar-refractivity contribution in [3.63, 3.8) is 0 Å². The van der Waals surface area contributed by atoms with Crippen molar-refractivity contribution in [2.45, 2.75) is 13.5 Å². The molecule has 0 amide bonds. The van der Waals surface area contributed by atoms with Gasteiger partial charge in [0.05, 0.1) is 17.2 Å². The van der Waals surface area contributed by atoms with Crippen molar-refractivity contribution in [3.8, 4) is 6.07 Å². The Labute approximate surface area is 169 Å². The largest absolute Gasteiger partial charge is 0.342 e. The fraction of sp³-hybridized carbons (Fsp3) is 0.0800. The minimum Gasteiger partial charge on any atom is -0.342 e. The second kappa shape index (κ2) is 7.76. The van der Waals surface area contributed by atoms with Gasteiger partial charge in [0.2, 0.25) is 0 Å². The maximum atomic E-state index is 9.74. The summed E-state index contributed by atoms with van der Waals surface area (Å²) in [6.07, 6.45) is 4.06. The number of aryl methyl sites for hydroxylation is 1. The van der Waals surface area contributed by atoms with E-state index >= 15 is 0 Å². The summed E-state index contributed by atoms with van der Waals surface area (Å²) in [6.45, 7) is 2.78. The van der Waals surface area contributed by atoms with Gasteiger partial charge in [-0.05, 0) is 36.3 Å². The lowest BCUT2D eigenvalue weighted by molar-refractivity contribution is 0.836. The summed E-state index contributed by atoms with van der Waals surface area (Å²) in [4.78, 5) is 0. The van der Waals surface area contributed by atoms with Crippen LogP contribution in [0.15, 0.2) is 79.0 Å². The van der Waals surface area contributed by atoms with Crippen LogP contribution < -0.4 is 0 Å². The van der Waals surface area contributed by atoms with Crippen LogP contribution in [0.3, 0.4) is 0 Å². The molecular weight excluding hydrogens is 364 g/mol. The van der Waals surface area contributed by atoms with Gasteiger partial charge in [-0.25, -0.2) is 0 Å². The van der Waals surface area contributed by atoms with Gasteiger partial charge in [-0.1, -0.05) is 77.8 Å². The molecule has 3 heteroatoms. The number of nitriles is 1. The van der Waals surface area contributed by atoms with Gasteiger partial charge in [-0.15, -0.1) is 0 Å². The van der Waals surface area contributed by atoms with Crippen LogP contribution in [-0.2, 0) is 6.54 Å². The number of hydrogen-bond acceptors (Lipinski definition) is 1. The molecule has 4 rings (SSSR count). The summed E-state index contributed by atoms with van der Waals surface area (Å²) in [6, 6.07) is 26.6. The second-order valence-electron chi connectivity index (χ2n) is 6.90. The molecule has 0 saturated carbocycles. The predicted molar refractivity (Wildman–Crippen MR) is 117 cm³/mol. The average molecular weight is 383 g/mol. The molecule has 136 valence electrons. The predicted octanol–water partition coefficient (Wildman–Crippen LogP) is 6.72. The van der Waals surface area contributed by atoms with Crippen molar-refractivity contribution in [3.05, 3.63) is 106 Å². The van der Waals surface area contributed by atoms with Crippen LogP contribution in [0.2, 0.25) is 5.02 Å². The summed E-state index contributed by atoms with van der Waals surface area (Å²) in [5.41, 5.74) is 6.01. The Morgan fingerprint density at radius 2 is 1.86 bits per heavy atom. The molecule has 0 bridgehead atoms. The van der Waals surface area contributed by atoms with Crippen LogP contribution in [0.4, 0.5) is 0 Å². The summed E-state index contributed by atoms with van der Waals surface area (Å²) in [5.74, 6) is 0. The topological polar surface area (TPSA) is 28.7 Å². The van der Waals surface area contributed by atoms with E-state index < -0.39 is 0 Å². The molecule has 2 nitrogen and oxygen atoms in total. The number of rotatable bonds is 4. The van der Waals surface area contributed by atoms with Crippen molar-refractivity contribution in [1.82, 2.24) is 4.57 Å². The highest BCUT2D eigenvalue weighted by Gasteiger charge is 2.10. The van der Waals surface area contributed by atoms with Gasteiger partial charge in [-0.3, -0.25) is 0 Å². The van der Waals surface area contributed by atoms with E-state index in [2.05, 4.69) is 29.0 Å². The van der Waals surface area contributed by atoms with Crippen LogP contribution in [0.5, 0.6) is 0 Å². The minimum absolute atomic E-state index is 0.650. The zero-order valence-electron chi connectivity index (χ0n) is 15.6. The first-order valence-corrected chi connectivity index (χ1v) is 9.53. The second-order valence-corrected chi connectivity index (χ2v) is 7.34. The molecular formula is C25H19ClN2. The van der Waals surface area contributed by atoms with Crippen molar-refractivity contribution >= 4 is 34.2 Å². The van der Waals surface area contributed by atoms with Gasteiger partial charge in [0.25, 0.3) is 0 Å². The molecule has 0 N–H and O–H groups in total. The number of hydrogen-bond donors (Lipinski definition) is 0. The molecule has 0 aliphatic rings. The van der Waals surface area contributed by atoms with Crippen molar-refractivity contribution < 1.29 is 0 Å². The molecule has 0 saturated heterocycles. The SMILES string of the molecule is Cc1cccc(/C(C#N)=C/c2cn(Cc3ccccc3)c3cc(Cl)ccc23)c1. The Morgan fingerprint density at radius 3 is 2.61 bits per heavy atom. The Morgan fingerprint density at radius 1 is 1.04 bits per heavy atom. The van der Waals surface area contributed by atoms with E-state index in [9.17, 15) is 5.26 Å². The highest BCUT2D eigenvalue weighted by atomic mass is 35.5. The van der Waals surface area contributed by atoms with E-state index in [4.69, 9.17) is 11.6 Å². The molecule has 3 aromatic carbocycles. The van der Waals surface area contributed by atoms with Crippen molar-refractivity contribution in [2.24, 2.45) is 0 Å². The van der Waals surface area contributed by atoms with Gasteiger partial charge in [-0.2, -0.15) is 5.26 Å². The third kappa shape index (κ3) is 3.71. The molecule has 0 aliphatic heterocycles. The Balaban J connectivity index is 1.84. The van der Waals surface area contributed by atoms with Gasteiger partial charge in [0.15, 0.2) is 0 Å². The van der Waals surface area contributed by atoms with Crippen LogP contribution >= 0.6 is 11.6 Å². The van der Waals surface area contributed by atoms with Crippen LogP contribution in [0.1, 0.15) is 22.3 Å². The summed E-state index contributed by atoms with van der Waals surface area (Å²) in [7, 11) is 0. The molecule has 0 fully saturated rings. The first-order chi connectivity index (χ1) is 13.6. The average Bonchev–Trinajstić information content (AvgIpc) is 3.03. The van der Waals surface area contributed by atoms with Gasteiger partial charge in [0.1, 0.15) is 0 Å². The van der Waals surface area contributed by atoms with Gasteiger partial charge < -0.3 is 4.57 Å². The molecule has 28 heavy (non-hydrogen) atoms. The fourth-order valence-corrected chi connectivity index (χ4v) is 3.63. The zero-order valence-corrected chi connectivity index (χ0v) is 16.3. The Bertz CT molecular complexity index is 1210.